The molecule has 0 spiro atoms. The van der Waals surface area contributed by atoms with E-state index in [0.29, 0.717) is 21.9 Å². The predicted molar refractivity (Wildman–Crippen MR) is 94.8 cm³/mol. The van der Waals surface area contributed by atoms with Gasteiger partial charge in [-0.2, -0.15) is 0 Å². The summed E-state index contributed by atoms with van der Waals surface area (Å²) in [6, 6.07) is 12.8. The van der Waals surface area contributed by atoms with E-state index in [2.05, 4.69) is 36.7 Å². The zero-order chi connectivity index (χ0) is 16.3. The number of halogens is 2. The Bertz CT molecular complexity index is 672. The van der Waals surface area contributed by atoms with E-state index in [0.717, 1.165) is 11.1 Å². The van der Waals surface area contributed by atoms with E-state index in [-0.39, 0.29) is 11.2 Å². The number of ketones is 1. The van der Waals surface area contributed by atoms with E-state index in [4.69, 9.17) is 16.3 Å². The zero-order valence-electron chi connectivity index (χ0n) is 12.8. The summed E-state index contributed by atoms with van der Waals surface area (Å²) >= 11 is 9.11. The molecular weight excluding hydrogens is 364 g/mol. The monoisotopic (exact) mass is 380 g/mol. The molecule has 0 saturated carbocycles. The van der Waals surface area contributed by atoms with Crippen molar-refractivity contribution in [2.45, 2.75) is 26.2 Å². The molecule has 4 heteroatoms. The summed E-state index contributed by atoms with van der Waals surface area (Å²) in [5.41, 5.74) is 1.56. The van der Waals surface area contributed by atoms with Crippen LogP contribution in [0.4, 0.5) is 0 Å². The first-order chi connectivity index (χ1) is 10.3. The third-order valence-electron chi connectivity index (χ3n) is 3.27. The van der Waals surface area contributed by atoms with Crippen LogP contribution in [0.2, 0.25) is 5.02 Å². The van der Waals surface area contributed by atoms with Gasteiger partial charge >= 0.3 is 0 Å². The highest BCUT2D eigenvalue weighted by molar-refractivity contribution is 9.09. The number of alkyl halides is 1. The third kappa shape index (κ3) is 4.11. The van der Waals surface area contributed by atoms with Crippen LogP contribution in [-0.2, 0) is 5.41 Å². The van der Waals surface area contributed by atoms with Crippen molar-refractivity contribution in [2.24, 2.45) is 0 Å². The molecule has 0 aromatic heterocycles. The van der Waals surface area contributed by atoms with Crippen LogP contribution in [0.5, 0.6) is 11.5 Å². The molecule has 2 rings (SSSR count). The first-order valence-corrected chi connectivity index (χ1v) is 8.48. The van der Waals surface area contributed by atoms with Crippen molar-refractivity contribution in [3.63, 3.8) is 0 Å². The lowest BCUT2D eigenvalue weighted by atomic mass is 9.82. The predicted octanol–water partition coefficient (Wildman–Crippen LogP) is 6.01. The lowest BCUT2D eigenvalue weighted by Gasteiger charge is -2.23. The number of carbonyl (C=O) groups excluding carboxylic acids is 1. The average Bonchev–Trinajstić information content (AvgIpc) is 2.48. The van der Waals surface area contributed by atoms with Gasteiger partial charge in [0.2, 0.25) is 0 Å². The van der Waals surface area contributed by atoms with Crippen LogP contribution in [0.15, 0.2) is 42.5 Å². The smallest absolute Gasteiger partial charge is 0.173 e. The van der Waals surface area contributed by atoms with Crippen LogP contribution in [0.1, 0.15) is 36.7 Å². The molecule has 0 N–H and O–H groups in total. The van der Waals surface area contributed by atoms with Crippen LogP contribution in [0.25, 0.3) is 0 Å². The quantitative estimate of drug-likeness (QED) is 0.479. The molecule has 0 amide bonds. The number of hydrogen-bond donors (Lipinski definition) is 0. The minimum atomic E-state index is -0.146. The normalized spacial score (nSPS) is 11.3. The molecule has 0 unspecified atom stereocenters. The number of ether oxygens (including phenoxy) is 1. The van der Waals surface area contributed by atoms with Gasteiger partial charge in [0, 0.05) is 10.6 Å². The minimum absolute atomic E-state index is 0.0722. The summed E-state index contributed by atoms with van der Waals surface area (Å²) in [4.78, 5) is 12.1. The summed E-state index contributed by atoms with van der Waals surface area (Å²) < 4.78 is 5.86. The third-order valence-corrected chi connectivity index (χ3v) is 4.03. The number of carbonyl (C=O) groups is 1. The van der Waals surface area contributed by atoms with Crippen molar-refractivity contribution in [1.29, 1.82) is 0 Å². The molecule has 2 aromatic rings. The Morgan fingerprint density at radius 2 is 1.68 bits per heavy atom. The van der Waals surface area contributed by atoms with Crippen LogP contribution in [-0.4, -0.2) is 11.1 Å². The molecule has 22 heavy (non-hydrogen) atoms. The highest BCUT2D eigenvalue weighted by atomic mass is 79.9. The molecule has 0 aliphatic carbocycles. The fourth-order valence-electron chi connectivity index (χ4n) is 2.16. The molecule has 2 aromatic carbocycles. The zero-order valence-corrected chi connectivity index (χ0v) is 15.2. The molecule has 0 fully saturated rings. The Morgan fingerprint density at radius 3 is 2.23 bits per heavy atom. The molecule has 0 saturated heterocycles. The van der Waals surface area contributed by atoms with Gasteiger partial charge in [0.15, 0.2) is 5.78 Å². The molecule has 0 atom stereocenters. The molecule has 2 nitrogen and oxygen atoms in total. The Morgan fingerprint density at radius 1 is 1.09 bits per heavy atom. The van der Waals surface area contributed by atoms with Gasteiger partial charge in [-0.05, 0) is 53.4 Å². The largest absolute Gasteiger partial charge is 0.457 e. The molecule has 0 aliphatic rings. The molecule has 0 heterocycles. The number of rotatable bonds is 4. The van der Waals surface area contributed by atoms with Crippen molar-refractivity contribution in [2.75, 3.05) is 5.33 Å². The standard InChI is InChI=1S/C18H18BrClO2/c1-18(2,3)16-10-14(8-9-15(16)17(21)11-19)22-13-6-4-12(20)5-7-13/h4-10H,11H2,1-3H3. The summed E-state index contributed by atoms with van der Waals surface area (Å²) in [6.07, 6.45) is 0. The van der Waals surface area contributed by atoms with E-state index in [1.165, 1.54) is 0 Å². The van der Waals surface area contributed by atoms with Crippen molar-refractivity contribution in [3.05, 3.63) is 58.6 Å². The number of hydrogen-bond acceptors (Lipinski definition) is 2. The minimum Gasteiger partial charge on any atom is -0.457 e. The maximum atomic E-state index is 12.1. The van der Waals surface area contributed by atoms with Crippen molar-refractivity contribution < 1.29 is 9.53 Å². The lowest BCUT2D eigenvalue weighted by Crippen LogP contribution is -2.17. The Labute approximate surface area is 144 Å². The van der Waals surface area contributed by atoms with E-state index in [1.54, 1.807) is 12.1 Å². The molecule has 0 radical (unpaired) electrons. The topological polar surface area (TPSA) is 26.3 Å². The first-order valence-electron chi connectivity index (χ1n) is 6.98. The average molecular weight is 382 g/mol. The van der Waals surface area contributed by atoms with Crippen molar-refractivity contribution in [3.8, 4) is 11.5 Å². The molecular formula is C18H18BrClO2. The maximum absolute atomic E-state index is 12.1. The van der Waals surface area contributed by atoms with Gasteiger partial charge in [0.05, 0.1) is 5.33 Å². The second kappa shape index (κ2) is 6.84. The number of benzene rings is 2. The van der Waals surface area contributed by atoms with E-state index in [1.807, 2.05) is 30.3 Å². The highest BCUT2D eigenvalue weighted by Gasteiger charge is 2.22. The Balaban J connectivity index is 2.38. The van der Waals surface area contributed by atoms with E-state index in [9.17, 15) is 4.79 Å². The van der Waals surface area contributed by atoms with Crippen LogP contribution in [0.3, 0.4) is 0 Å². The van der Waals surface area contributed by atoms with Gasteiger partial charge in [0.25, 0.3) is 0 Å². The van der Waals surface area contributed by atoms with Gasteiger partial charge in [-0.3, -0.25) is 4.79 Å². The van der Waals surface area contributed by atoms with Gasteiger partial charge < -0.3 is 4.74 Å². The SMILES string of the molecule is CC(C)(C)c1cc(Oc2ccc(Cl)cc2)ccc1C(=O)CBr. The van der Waals surface area contributed by atoms with Gasteiger partial charge in [-0.15, -0.1) is 0 Å². The first kappa shape index (κ1) is 17.0. The highest BCUT2D eigenvalue weighted by Crippen LogP contribution is 2.32. The fraction of sp³-hybridized carbons (Fsp3) is 0.278. The van der Waals surface area contributed by atoms with Gasteiger partial charge in [-0.25, -0.2) is 0 Å². The number of Topliss-reactive ketones (excluding diaryl/α,β-unsaturated/α-hetero) is 1. The second-order valence-electron chi connectivity index (χ2n) is 6.07. The van der Waals surface area contributed by atoms with Crippen LogP contribution >= 0.6 is 27.5 Å². The van der Waals surface area contributed by atoms with Crippen molar-refractivity contribution >= 4 is 33.3 Å². The van der Waals surface area contributed by atoms with Crippen LogP contribution < -0.4 is 4.74 Å². The fourth-order valence-corrected chi connectivity index (χ4v) is 2.59. The van der Waals surface area contributed by atoms with E-state index >= 15 is 0 Å². The molecule has 0 aliphatic heterocycles. The van der Waals surface area contributed by atoms with Crippen LogP contribution in [0, 0.1) is 0 Å². The van der Waals surface area contributed by atoms with Crippen molar-refractivity contribution in [1.82, 2.24) is 0 Å². The lowest BCUT2D eigenvalue weighted by molar-refractivity contribution is 0.102. The summed E-state index contributed by atoms with van der Waals surface area (Å²) in [6.45, 7) is 6.25. The van der Waals surface area contributed by atoms with Gasteiger partial charge in [0.1, 0.15) is 11.5 Å². The Kier molecular flexibility index (Phi) is 5.30. The second-order valence-corrected chi connectivity index (χ2v) is 7.07. The molecule has 0 bridgehead atoms. The summed E-state index contributed by atoms with van der Waals surface area (Å²) in [5, 5.41) is 0.981. The maximum Gasteiger partial charge on any atom is 0.173 e. The summed E-state index contributed by atoms with van der Waals surface area (Å²) in [7, 11) is 0. The van der Waals surface area contributed by atoms with E-state index < -0.39 is 0 Å². The summed E-state index contributed by atoms with van der Waals surface area (Å²) in [5.74, 6) is 1.49. The Hall–Kier alpha value is -1.32. The van der Waals surface area contributed by atoms with Gasteiger partial charge in [-0.1, -0.05) is 48.3 Å². The molecule has 116 valence electrons.